The zero-order valence-electron chi connectivity index (χ0n) is 59.5. The number of carbonyl (C=O) groups is 4. The van der Waals surface area contributed by atoms with Gasteiger partial charge >= 0.3 is 39.5 Å². The third kappa shape index (κ3) is 63.9. The van der Waals surface area contributed by atoms with Gasteiger partial charge in [-0.15, -0.1) is 0 Å². The molecule has 17 nitrogen and oxygen atoms in total. The van der Waals surface area contributed by atoms with Gasteiger partial charge in [-0.2, -0.15) is 0 Å². The predicted molar refractivity (Wildman–Crippen MR) is 367 cm³/mol. The molecule has 540 valence electrons. The Hall–Kier alpha value is -1.94. The Kier molecular flexibility index (Phi) is 60.3. The lowest BCUT2D eigenvalue weighted by atomic mass is 10.00. The van der Waals surface area contributed by atoms with E-state index in [1.165, 1.54) is 154 Å². The highest BCUT2D eigenvalue weighted by Gasteiger charge is 2.30. The van der Waals surface area contributed by atoms with Crippen LogP contribution in [-0.4, -0.2) is 96.7 Å². The molecule has 0 bridgehead atoms. The van der Waals surface area contributed by atoms with E-state index in [1.54, 1.807) is 0 Å². The van der Waals surface area contributed by atoms with Gasteiger partial charge in [-0.05, 0) is 49.4 Å². The Morgan fingerprint density at radius 1 is 0.308 bits per heavy atom. The van der Waals surface area contributed by atoms with Gasteiger partial charge < -0.3 is 33.8 Å². The number of phosphoric ester groups is 2. The van der Waals surface area contributed by atoms with Crippen molar-refractivity contribution in [2.75, 3.05) is 39.6 Å². The van der Waals surface area contributed by atoms with Gasteiger partial charge in [0.2, 0.25) is 0 Å². The standard InChI is InChI=1S/C72H140O17P2/c1-9-64(7)50-42-34-28-30-37-45-53-70(75)83-59-67(88-71(76)54-46-38-27-23-19-18-21-25-33-41-49-63(5)6)60-86-90(78,79)84-56-66(73)57-85-91(80,81)87-61-68(89-72(77)55-47-39-31-29-35-43-51-65(8)10-2)58-82-69(74)52-44-36-26-22-17-15-13-11-12-14-16-20-24-32-40-48-62(3)4/h62-68,73H,9-61H2,1-8H3,(H,78,79)(H,80,81)/t64?,65?,66-,67+,68+/m0/s1. The molecular weight excluding hydrogens is 1200 g/mol. The van der Waals surface area contributed by atoms with Crippen LogP contribution in [0.5, 0.6) is 0 Å². The summed E-state index contributed by atoms with van der Waals surface area (Å²) >= 11 is 0. The smallest absolute Gasteiger partial charge is 0.462 e. The summed E-state index contributed by atoms with van der Waals surface area (Å²) in [4.78, 5) is 72.6. The van der Waals surface area contributed by atoms with Crippen LogP contribution >= 0.6 is 15.6 Å². The van der Waals surface area contributed by atoms with E-state index in [9.17, 15) is 43.2 Å². The van der Waals surface area contributed by atoms with Gasteiger partial charge in [-0.1, -0.05) is 306 Å². The molecule has 0 heterocycles. The summed E-state index contributed by atoms with van der Waals surface area (Å²) in [6.07, 6.45) is 44.6. The van der Waals surface area contributed by atoms with Crippen LogP contribution in [0.1, 0.15) is 357 Å². The lowest BCUT2D eigenvalue weighted by Crippen LogP contribution is -2.30. The molecule has 0 amide bonds. The van der Waals surface area contributed by atoms with E-state index in [4.69, 9.17) is 37.0 Å². The molecular formula is C72H140O17P2. The van der Waals surface area contributed by atoms with Gasteiger partial charge in [0.25, 0.3) is 0 Å². The van der Waals surface area contributed by atoms with Gasteiger partial charge in [-0.25, -0.2) is 9.13 Å². The summed E-state index contributed by atoms with van der Waals surface area (Å²) in [7, 11) is -9.90. The maximum Gasteiger partial charge on any atom is 0.472 e. The molecule has 0 aromatic heterocycles. The minimum absolute atomic E-state index is 0.103. The quantitative estimate of drug-likeness (QED) is 0.0222. The molecule has 19 heteroatoms. The number of aliphatic hydroxyl groups excluding tert-OH is 1. The van der Waals surface area contributed by atoms with Gasteiger partial charge in [0.15, 0.2) is 12.2 Å². The number of hydrogen-bond donors (Lipinski definition) is 3. The number of phosphoric acid groups is 2. The number of unbranched alkanes of at least 4 members (excludes halogenated alkanes) is 33. The van der Waals surface area contributed by atoms with E-state index in [2.05, 4.69) is 55.4 Å². The van der Waals surface area contributed by atoms with Gasteiger partial charge in [-0.3, -0.25) is 37.3 Å². The first-order valence-corrected chi connectivity index (χ1v) is 40.3. The van der Waals surface area contributed by atoms with Crippen molar-refractivity contribution in [3.05, 3.63) is 0 Å². The molecule has 4 unspecified atom stereocenters. The fraction of sp³-hybridized carbons (Fsp3) is 0.944. The molecule has 0 aliphatic heterocycles. The van der Waals surface area contributed by atoms with Crippen molar-refractivity contribution in [2.24, 2.45) is 23.7 Å². The predicted octanol–water partition coefficient (Wildman–Crippen LogP) is 20.5. The molecule has 7 atom stereocenters. The lowest BCUT2D eigenvalue weighted by molar-refractivity contribution is -0.161. The fourth-order valence-electron chi connectivity index (χ4n) is 10.8. The number of carbonyl (C=O) groups excluding carboxylic acids is 4. The van der Waals surface area contributed by atoms with Crippen molar-refractivity contribution >= 4 is 39.5 Å². The van der Waals surface area contributed by atoms with Crippen LogP contribution in [0.25, 0.3) is 0 Å². The third-order valence-electron chi connectivity index (χ3n) is 17.3. The number of hydrogen-bond acceptors (Lipinski definition) is 15. The van der Waals surface area contributed by atoms with Crippen LogP contribution in [0.3, 0.4) is 0 Å². The topological polar surface area (TPSA) is 237 Å². The fourth-order valence-corrected chi connectivity index (χ4v) is 12.4. The van der Waals surface area contributed by atoms with Crippen molar-refractivity contribution in [1.82, 2.24) is 0 Å². The Morgan fingerprint density at radius 3 is 0.780 bits per heavy atom. The molecule has 0 spiro atoms. The molecule has 0 aromatic carbocycles. The first kappa shape index (κ1) is 89.1. The second-order valence-electron chi connectivity index (χ2n) is 27.4. The molecule has 0 rings (SSSR count). The average molecular weight is 1340 g/mol. The van der Waals surface area contributed by atoms with E-state index in [0.717, 1.165) is 120 Å². The maximum atomic E-state index is 13.0. The molecule has 0 saturated carbocycles. The molecule has 0 fully saturated rings. The molecule has 91 heavy (non-hydrogen) atoms. The van der Waals surface area contributed by atoms with Crippen LogP contribution in [0.4, 0.5) is 0 Å². The van der Waals surface area contributed by atoms with Crippen LogP contribution in [0, 0.1) is 23.7 Å². The van der Waals surface area contributed by atoms with E-state index < -0.39 is 97.5 Å². The second-order valence-corrected chi connectivity index (χ2v) is 30.3. The molecule has 3 N–H and O–H groups in total. The molecule has 0 saturated heterocycles. The summed E-state index contributed by atoms with van der Waals surface area (Å²) < 4.78 is 68.3. The zero-order chi connectivity index (χ0) is 67.5. The summed E-state index contributed by atoms with van der Waals surface area (Å²) in [5, 5.41) is 10.6. The first-order valence-electron chi connectivity index (χ1n) is 37.3. The number of rotatable bonds is 69. The van der Waals surface area contributed by atoms with Crippen LogP contribution in [0.15, 0.2) is 0 Å². The van der Waals surface area contributed by atoms with Crippen LogP contribution in [0.2, 0.25) is 0 Å². The van der Waals surface area contributed by atoms with Gasteiger partial charge in [0, 0.05) is 25.7 Å². The maximum absolute atomic E-state index is 13.0. The van der Waals surface area contributed by atoms with Gasteiger partial charge in [0.1, 0.15) is 19.3 Å². The molecule has 0 aliphatic carbocycles. The van der Waals surface area contributed by atoms with Crippen molar-refractivity contribution in [3.63, 3.8) is 0 Å². The largest absolute Gasteiger partial charge is 0.472 e. The van der Waals surface area contributed by atoms with Crippen molar-refractivity contribution in [2.45, 2.75) is 375 Å². The van der Waals surface area contributed by atoms with E-state index in [0.29, 0.717) is 25.7 Å². The highest BCUT2D eigenvalue weighted by atomic mass is 31.2. The monoisotopic (exact) mass is 1340 g/mol. The summed E-state index contributed by atoms with van der Waals surface area (Å²) in [6.45, 7) is 14.1. The van der Waals surface area contributed by atoms with Crippen LogP contribution < -0.4 is 0 Å². The highest BCUT2D eigenvalue weighted by molar-refractivity contribution is 7.47. The van der Waals surface area contributed by atoms with Crippen molar-refractivity contribution < 1.29 is 80.2 Å². The van der Waals surface area contributed by atoms with Crippen molar-refractivity contribution in [3.8, 4) is 0 Å². The molecule has 0 aromatic rings. The van der Waals surface area contributed by atoms with Crippen molar-refractivity contribution in [1.29, 1.82) is 0 Å². The minimum atomic E-state index is -4.95. The summed E-state index contributed by atoms with van der Waals surface area (Å²) in [6, 6.07) is 0. The Balaban J connectivity index is 5.20. The Labute approximate surface area is 556 Å². The van der Waals surface area contributed by atoms with Gasteiger partial charge in [0.05, 0.1) is 26.4 Å². The first-order chi connectivity index (χ1) is 43.7. The SMILES string of the molecule is CCC(C)CCCCCCCCC(=O)OC[C@H](COP(=O)(O)OC[C@H](O)COP(=O)(O)OC[C@@H](COC(=O)CCCCCCCCCCCCCCCCCC(C)C)OC(=O)CCCCCCCCC(C)CC)OC(=O)CCCCCCCCCCCCC(C)C. The molecule has 0 radical (unpaired) electrons. The normalized spacial score (nSPS) is 14.8. The number of esters is 4. The summed E-state index contributed by atoms with van der Waals surface area (Å²) in [5.74, 6) is 0.879. The zero-order valence-corrected chi connectivity index (χ0v) is 61.3. The summed E-state index contributed by atoms with van der Waals surface area (Å²) in [5.41, 5.74) is 0. The average Bonchev–Trinajstić information content (AvgIpc) is 3.37. The highest BCUT2D eigenvalue weighted by Crippen LogP contribution is 2.45. The second kappa shape index (κ2) is 61.6. The Morgan fingerprint density at radius 2 is 0.527 bits per heavy atom. The van der Waals surface area contributed by atoms with Crippen LogP contribution in [-0.2, 0) is 65.4 Å². The van der Waals surface area contributed by atoms with E-state index in [-0.39, 0.29) is 25.7 Å². The van der Waals surface area contributed by atoms with E-state index >= 15 is 0 Å². The number of ether oxygens (including phenoxy) is 4. The van der Waals surface area contributed by atoms with E-state index in [1.807, 2.05) is 0 Å². The third-order valence-corrected chi connectivity index (χ3v) is 19.2. The lowest BCUT2D eigenvalue weighted by Gasteiger charge is -2.21. The molecule has 0 aliphatic rings. The minimum Gasteiger partial charge on any atom is -0.462 e. The number of aliphatic hydroxyl groups is 1. The Bertz CT molecular complexity index is 1800.